The summed E-state index contributed by atoms with van der Waals surface area (Å²) in [5, 5.41) is 14.5. The van der Waals surface area contributed by atoms with Crippen molar-refractivity contribution in [2.24, 2.45) is 5.14 Å². The van der Waals surface area contributed by atoms with E-state index in [4.69, 9.17) is 9.88 Å². The van der Waals surface area contributed by atoms with Crippen LogP contribution in [0.2, 0.25) is 0 Å². The molecule has 3 N–H and O–H groups in total. The normalized spacial score (nSPS) is 12.2. The summed E-state index contributed by atoms with van der Waals surface area (Å²) in [4.78, 5) is 11.4. The molecule has 0 unspecified atom stereocenters. The van der Waals surface area contributed by atoms with Crippen LogP contribution in [0.5, 0.6) is 5.75 Å². The van der Waals surface area contributed by atoms with Gasteiger partial charge in [0.15, 0.2) is 0 Å². The number of nitrogens with two attached hydrogens (primary N) is 1. The van der Waals surface area contributed by atoms with Gasteiger partial charge >= 0.3 is 5.97 Å². The fourth-order valence-corrected chi connectivity index (χ4v) is 1.73. The van der Waals surface area contributed by atoms with Gasteiger partial charge in [-0.15, -0.1) is 0 Å². The van der Waals surface area contributed by atoms with Crippen LogP contribution in [0.25, 0.3) is 0 Å². The number of primary sulfonamides is 1. The maximum absolute atomic E-state index is 11.7. The predicted molar refractivity (Wildman–Crippen MR) is 64.6 cm³/mol. The van der Waals surface area contributed by atoms with Crippen molar-refractivity contribution in [1.29, 1.82) is 0 Å². The molecule has 0 saturated carbocycles. The molecule has 0 fully saturated rings. The van der Waals surface area contributed by atoms with Gasteiger partial charge in [0.25, 0.3) is 0 Å². The van der Waals surface area contributed by atoms with E-state index in [1.807, 2.05) is 0 Å². The van der Waals surface area contributed by atoms with Gasteiger partial charge in [0.05, 0.1) is 4.90 Å². The number of benzene rings is 1. The molecule has 1 rings (SSSR count). The maximum atomic E-state index is 11.7. The molecule has 1 aromatic carbocycles. The lowest BCUT2D eigenvalue weighted by Crippen LogP contribution is -2.24. The van der Waals surface area contributed by atoms with Crippen molar-refractivity contribution in [2.75, 3.05) is 0 Å². The molecule has 0 aliphatic heterocycles. The van der Waals surface area contributed by atoms with Crippen LogP contribution in [-0.2, 0) is 14.8 Å². The van der Waals surface area contributed by atoms with Crippen molar-refractivity contribution in [3.8, 4) is 5.75 Å². The summed E-state index contributed by atoms with van der Waals surface area (Å²) in [6, 6.07) is 3.20. The average molecular weight is 273 g/mol. The molecule has 0 atom stereocenters. The lowest BCUT2D eigenvalue weighted by Gasteiger charge is -2.19. The first-order valence-electron chi connectivity index (χ1n) is 5.10. The molecular weight excluding hydrogens is 258 g/mol. The zero-order chi connectivity index (χ0) is 14.1. The number of sulfonamides is 1. The number of phenolic OH excluding ortho intramolecular Hbond substituents is 1. The Morgan fingerprint density at radius 2 is 1.89 bits per heavy atom. The van der Waals surface area contributed by atoms with Crippen LogP contribution in [0, 0.1) is 0 Å². The minimum Gasteiger partial charge on any atom is -0.507 e. The third-order valence-corrected chi connectivity index (χ3v) is 2.83. The van der Waals surface area contributed by atoms with Crippen LogP contribution in [0.4, 0.5) is 0 Å². The van der Waals surface area contributed by atoms with E-state index in [1.54, 1.807) is 20.8 Å². The SMILES string of the molecule is CC(C)(C)OC(=O)c1ccc(S(N)(=O)=O)cc1O. The molecule has 6 nitrogen and oxygen atoms in total. The minimum absolute atomic E-state index is 0.114. The highest BCUT2D eigenvalue weighted by Crippen LogP contribution is 2.23. The van der Waals surface area contributed by atoms with E-state index in [0.29, 0.717) is 0 Å². The molecule has 1 aromatic rings. The molecular formula is C11H15NO5S. The van der Waals surface area contributed by atoms with E-state index >= 15 is 0 Å². The van der Waals surface area contributed by atoms with E-state index in [0.717, 1.165) is 18.2 Å². The Bertz CT molecular complexity index is 572. The van der Waals surface area contributed by atoms with Crippen molar-refractivity contribution < 1.29 is 23.1 Å². The van der Waals surface area contributed by atoms with Crippen molar-refractivity contribution in [2.45, 2.75) is 31.3 Å². The highest BCUT2D eigenvalue weighted by molar-refractivity contribution is 7.89. The summed E-state index contributed by atoms with van der Waals surface area (Å²) in [6.07, 6.45) is 0. The Hall–Kier alpha value is -1.60. The molecule has 0 aliphatic rings. The lowest BCUT2D eigenvalue weighted by molar-refractivity contribution is 0.00667. The van der Waals surface area contributed by atoms with E-state index in [2.05, 4.69) is 0 Å². The maximum Gasteiger partial charge on any atom is 0.342 e. The van der Waals surface area contributed by atoms with Crippen LogP contribution in [0.1, 0.15) is 31.1 Å². The monoisotopic (exact) mass is 273 g/mol. The second kappa shape index (κ2) is 4.58. The molecule has 0 spiro atoms. The Morgan fingerprint density at radius 3 is 2.28 bits per heavy atom. The van der Waals surface area contributed by atoms with E-state index in [-0.39, 0.29) is 10.5 Å². The Balaban J connectivity index is 3.11. The minimum atomic E-state index is -3.92. The van der Waals surface area contributed by atoms with Gasteiger partial charge in [-0.25, -0.2) is 18.4 Å². The lowest BCUT2D eigenvalue weighted by atomic mass is 10.1. The average Bonchev–Trinajstić information content (AvgIpc) is 2.12. The van der Waals surface area contributed by atoms with Gasteiger partial charge in [-0.2, -0.15) is 0 Å². The summed E-state index contributed by atoms with van der Waals surface area (Å²) < 4.78 is 27.1. The third-order valence-electron chi connectivity index (χ3n) is 1.92. The van der Waals surface area contributed by atoms with Gasteiger partial charge in [-0.05, 0) is 32.9 Å². The molecule has 0 radical (unpaired) electrons. The first kappa shape index (κ1) is 14.5. The number of hydrogen-bond donors (Lipinski definition) is 2. The second-order valence-electron chi connectivity index (χ2n) is 4.73. The number of ether oxygens (including phenoxy) is 1. The number of aromatic hydroxyl groups is 1. The van der Waals surface area contributed by atoms with Gasteiger partial charge in [-0.1, -0.05) is 0 Å². The van der Waals surface area contributed by atoms with Crippen LogP contribution >= 0.6 is 0 Å². The molecule has 100 valence electrons. The zero-order valence-corrected chi connectivity index (χ0v) is 11.1. The first-order chi connectivity index (χ1) is 8.00. The van der Waals surface area contributed by atoms with Crippen molar-refractivity contribution >= 4 is 16.0 Å². The van der Waals surface area contributed by atoms with Gasteiger partial charge in [-0.3, -0.25) is 0 Å². The smallest absolute Gasteiger partial charge is 0.342 e. The van der Waals surface area contributed by atoms with Gasteiger partial charge in [0.2, 0.25) is 10.0 Å². The van der Waals surface area contributed by atoms with E-state index < -0.39 is 27.3 Å². The summed E-state index contributed by atoms with van der Waals surface area (Å²) in [5.41, 5.74) is -0.820. The second-order valence-corrected chi connectivity index (χ2v) is 6.29. The number of carbonyl (C=O) groups excluding carboxylic acids is 1. The van der Waals surface area contributed by atoms with E-state index in [9.17, 15) is 18.3 Å². The van der Waals surface area contributed by atoms with Crippen molar-refractivity contribution in [3.63, 3.8) is 0 Å². The summed E-state index contributed by atoms with van der Waals surface area (Å²) >= 11 is 0. The fraction of sp³-hybridized carbons (Fsp3) is 0.364. The van der Waals surface area contributed by atoms with Gasteiger partial charge in [0, 0.05) is 6.07 Å². The van der Waals surface area contributed by atoms with Gasteiger partial charge < -0.3 is 9.84 Å². The highest BCUT2D eigenvalue weighted by Gasteiger charge is 2.21. The molecule has 0 aliphatic carbocycles. The topological polar surface area (TPSA) is 107 Å². The van der Waals surface area contributed by atoms with Crippen LogP contribution in [0.15, 0.2) is 23.1 Å². The molecule has 7 heteroatoms. The largest absolute Gasteiger partial charge is 0.507 e. The predicted octanol–water partition coefficient (Wildman–Crippen LogP) is 0.995. The van der Waals surface area contributed by atoms with Crippen LogP contribution in [0.3, 0.4) is 0 Å². The first-order valence-corrected chi connectivity index (χ1v) is 6.64. The number of hydrogen-bond acceptors (Lipinski definition) is 5. The number of phenols is 1. The number of esters is 1. The fourth-order valence-electron chi connectivity index (χ4n) is 1.19. The number of carbonyl (C=O) groups is 1. The zero-order valence-electron chi connectivity index (χ0n) is 10.3. The quantitative estimate of drug-likeness (QED) is 0.781. The molecule has 0 bridgehead atoms. The Morgan fingerprint density at radius 1 is 1.33 bits per heavy atom. The number of rotatable bonds is 2. The van der Waals surface area contributed by atoms with Crippen LogP contribution in [-0.4, -0.2) is 25.1 Å². The Labute approximate surface area is 105 Å². The molecule has 18 heavy (non-hydrogen) atoms. The van der Waals surface area contributed by atoms with Crippen molar-refractivity contribution in [3.05, 3.63) is 23.8 Å². The van der Waals surface area contributed by atoms with Crippen LogP contribution < -0.4 is 5.14 Å². The standard InChI is InChI=1S/C11H15NO5S/c1-11(2,3)17-10(14)8-5-4-7(6-9(8)13)18(12,15)16/h4-6,13H,1-3H3,(H2,12,15,16). The van der Waals surface area contributed by atoms with Gasteiger partial charge in [0.1, 0.15) is 16.9 Å². The summed E-state index contributed by atoms with van der Waals surface area (Å²) in [7, 11) is -3.92. The van der Waals surface area contributed by atoms with E-state index in [1.165, 1.54) is 0 Å². The molecule has 0 amide bonds. The molecule has 0 heterocycles. The Kier molecular flexibility index (Phi) is 3.68. The summed E-state index contributed by atoms with van der Waals surface area (Å²) in [6.45, 7) is 5.04. The third kappa shape index (κ3) is 3.71. The summed E-state index contributed by atoms with van der Waals surface area (Å²) in [5.74, 6) is -1.23. The highest BCUT2D eigenvalue weighted by atomic mass is 32.2. The van der Waals surface area contributed by atoms with Crippen molar-refractivity contribution in [1.82, 2.24) is 0 Å². The molecule has 0 saturated heterocycles. The molecule has 0 aromatic heterocycles.